The second-order valence-corrected chi connectivity index (χ2v) is 6.58. The van der Waals surface area contributed by atoms with Gasteiger partial charge in [-0.3, -0.25) is 0 Å². The van der Waals surface area contributed by atoms with Crippen LogP contribution in [0.5, 0.6) is 0 Å². The number of rotatable bonds is 4. The Labute approximate surface area is 120 Å². The van der Waals surface area contributed by atoms with Crippen LogP contribution in [0.25, 0.3) is 10.2 Å². The number of nitrogens with two attached hydrogens (primary N) is 1. The van der Waals surface area contributed by atoms with E-state index in [9.17, 15) is 0 Å². The van der Waals surface area contributed by atoms with Crippen molar-refractivity contribution in [1.29, 1.82) is 0 Å². The quantitative estimate of drug-likeness (QED) is 0.789. The van der Waals surface area contributed by atoms with Crippen LogP contribution < -0.4 is 5.73 Å². The second-order valence-electron chi connectivity index (χ2n) is 4.23. The van der Waals surface area contributed by atoms with E-state index >= 15 is 0 Å². The van der Waals surface area contributed by atoms with Crippen molar-refractivity contribution in [2.45, 2.75) is 15.7 Å². The molecule has 96 valence electrons. The fourth-order valence-electron chi connectivity index (χ4n) is 1.89. The summed E-state index contributed by atoms with van der Waals surface area (Å²) >= 11 is 3.45. The van der Waals surface area contributed by atoms with E-state index in [1.807, 2.05) is 6.07 Å². The van der Waals surface area contributed by atoms with Crippen molar-refractivity contribution < 1.29 is 0 Å². The minimum absolute atomic E-state index is 0.699. The first-order valence-electron chi connectivity index (χ1n) is 6.17. The van der Waals surface area contributed by atoms with Crippen LogP contribution in [-0.4, -0.2) is 11.5 Å². The average molecular weight is 286 g/mol. The molecule has 0 aliphatic carbocycles. The normalized spacial score (nSPS) is 11.0. The van der Waals surface area contributed by atoms with Gasteiger partial charge < -0.3 is 5.73 Å². The smallest absolute Gasteiger partial charge is 0.155 e. The number of nitrogens with zero attached hydrogens (tertiary/aromatic N) is 1. The first-order valence-corrected chi connectivity index (χ1v) is 7.81. The van der Waals surface area contributed by atoms with Crippen molar-refractivity contribution in [2.24, 2.45) is 5.73 Å². The van der Waals surface area contributed by atoms with Gasteiger partial charge in [0.1, 0.15) is 0 Å². The first-order chi connectivity index (χ1) is 9.35. The molecule has 2 nitrogen and oxygen atoms in total. The maximum Gasteiger partial charge on any atom is 0.155 e. The van der Waals surface area contributed by atoms with Crippen molar-refractivity contribution >= 4 is 33.3 Å². The summed E-state index contributed by atoms with van der Waals surface area (Å²) in [4.78, 5) is 5.85. The Morgan fingerprint density at radius 1 is 1.05 bits per heavy atom. The van der Waals surface area contributed by atoms with Crippen LogP contribution in [-0.2, 0) is 6.42 Å². The molecule has 0 spiro atoms. The van der Waals surface area contributed by atoms with Gasteiger partial charge in [0.25, 0.3) is 0 Å². The molecule has 0 saturated carbocycles. The summed E-state index contributed by atoms with van der Waals surface area (Å²) in [6, 6.07) is 16.8. The van der Waals surface area contributed by atoms with Crippen molar-refractivity contribution in [2.75, 3.05) is 6.54 Å². The van der Waals surface area contributed by atoms with E-state index < -0.39 is 0 Å². The van der Waals surface area contributed by atoms with Crippen molar-refractivity contribution in [3.05, 3.63) is 54.1 Å². The lowest BCUT2D eigenvalue weighted by Crippen LogP contribution is -2.02. The third kappa shape index (κ3) is 2.97. The Balaban J connectivity index is 1.80. The van der Waals surface area contributed by atoms with E-state index in [0.717, 1.165) is 16.3 Å². The largest absolute Gasteiger partial charge is 0.330 e. The third-order valence-electron chi connectivity index (χ3n) is 2.84. The highest BCUT2D eigenvalue weighted by molar-refractivity contribution is 8.01. The molecule has 0 radical (unpaired) electrons. The van der Waals surface area contributed by atoms with E-state index in [1.165, 1.54) is 15.2 Å². The lowest BCUT2D eigenvalue weighted by molar-refractivity contribution is 0.966. The first kappa shape index (κ1) is 12.7. The molecule has 3 aromatic rings. The molecule has 0 unspecified atom stereocenters. The molecule has 0 amide bonds. The Kier molecular flexibility index (Phi) is 3.82. The van der Waals surface area contributed by atoms with Crippen molar-refractivity contribution in [1.82, 2.24) is 4.98 Å². The molecular formula is C15H14N2S2. The van der Waals surface area contributed by atoms with Crippen LogP contribution in [0.4, 0.5) is 0 Å². The van der Waals surface area contributed by atoms with E-state index in [1.54, 1.807) is 23.1 Å². The molecule has 1 aromatic heterocycles. The number of hydrogen-bond acceptors (Lipinski definition) is 4. The molecule has 0 atom stereocenters. The van der Waals surface area contributed by atoms with Crippen LogP contribution in [0.1, 0.15) is 5.56 Å². The summed E-state index contributed by atoms with van der Waals surface area (Å²) in [5, 5.41) is 0. The maximum absolute atomic E-state index is 5.55. The summed E-state index contributed by atoms with van der Waals surface area (Å²) in [7, 11) is 0. The molecule has 0 saturated heterocycles. The minimum Gasteiger partial charge on any atom is -0.330 e. The molecule has 0 fully saturated rings. The summed E-state index contributed by atoms with van der Waals surface area (Å²) in [5.74, 6) is 0. The predicted octanol–water partition coefficient (Wildman–Crippen LogP) is 3.95. The second kappa shape index (κ2) is 5.74. The fraction of sp³-hybridized carbons (Fsp3) is 0.133. The molecular weight excluding hydrogens is 272 g/mol. The molecule has 1 heterocycles. The van der Waals surface area contributed by atoms with Gasteiger partial charge in [-0.1, -0.05) is 36.0 Å². The van der Waals surface area contributed by atoms with Gasteiger partial charge in [0.15, 0.2) is 4.34 Å². The molecule has 0 aliphatic heterocycles. The Bertz CT molecular complexity index is 641. The number of para-hydroxylation sites is 1. The van der Waals surface area contributed by atoms with Gasteiger partial charge in [0.2, 0.25) is 0 Å². The molecule has 0 bridgehead atoms. The van der Waals surface area contributed by atoms with E-state index in [4.69, 9.17) is 5.73 Å². The highest BCUT2D eigenvalue weighted by atomic mass is 32.2. The maximum atomic E-state index is 5.55. The molecule has 0 aliphatic rings. The zero-order valence-corrected chi connectivity index (χ0v) is 12.0. The van der Waals surface area contributed by atoms with Gasteiger partial charge in [0.05, 0.1) is 10.2 Å². The van der Waals surface area contributed by atoms with Crippen LogP contribution in [0.2, 0.25) is 0 Å². The van der Waals surface area contributed by atoms with Crippen LogP contribution in [0.3, 0.4) is 0 Å². The minimum atomic E-state index is 0.699. The van der Waals surface area contributed by atoms with Gasteiger partial charge >= 0.3 is 0 Å². The van der Waals surface area contributed by atoms with Gasteiger partial charge in [-0.25, -0.2) is 4.98 Å². The lowest BCUT2D eigenvalue weighted by Gasteiger charge is -2.00. The topological polar surface area (TPSA) is 38.9 Å². The highest BCUT2D eigenvalue weighted by Gasteiger charge is 2.05. The number of aromatic nitrogens is 1. The molecule has 2 N–H and O–H groups in total. The Morgan fingerprint density at radius 3 is 2.58 bits per heavy atom. The number of thiazole rings is 1. The molecule has 4 heteroatoms. The standard InChI is InChI=1S/C15H14N2S2/c16-10-9-11-5-7-12(8-6-11)18-15-17-13-3-1-2-4-14(13)19-15/h1-8H,9-10,16H2. The number of fused-ring (bicyclic) bond motifs is 1. The summed E-state index contributed by atoms with van der Waals surface area (Å²) in [6.07, 6.45) is 0.937. The summed E-state index contributed by atoms with van der Waals surface area (Å²) < 4.78 is 2.33. The Hall–Kier alpha value is -1.36. The van der Waals surface area contributed by atoms with E-state index in [2.05, 4.69) is 47.4 Å². The monoisotopic (exact) mass is 286 g/mol. The average Bonchev–Trinajstić information content (AvgIpc) is 2.83. The van der Waals surface area contributed by atoms with E-state index in [0.29, 0.717) is 6.54 Å². The van der Waals surface area contributed by atoms with Crippen molar-refractivity contribution in [3.63, 3.8) is 0 Å². The van der Waals surface area contributed by atoms with Gasteiger partial charge in [-0.05, 0) is 42.8 Å². The molecule has 3 rings (SSSR count). The zero-order valence-electron chi connectivity index (χ0n) is 10.4. The lowest BCUT2D eigenvalue weighted by atomic mass is 10.2. The zero-order chi connectivity index (χ0) is 13.1. The van der Waals surface area contributed by atoms with E-state index in [-0.39, 0.29) is 0 Å². The predicted molar refractivity (Wildman–Crippen MR) is 82.9 cm³/mol. The molecule has 2 aromatic carbocycles. The fourth-order valence-corrected chi connectivity index (χ4v) is 3.93. The van der Waals surface area contributed by atoms with Gasteiger partial charge in [-0.2, -0.15) is 0 Å². The summed E-state index contributed by atoms with van der Waals surface area (Å²) in [6.45, 7) is 0.699. The third-order valence-corrected chi connectivity index (χ3v) is 4.94. The van der Waals surface area contributed by atoms with Gasteiger partial charge in [-0.15, -0.1) is 11.3 Å². The van der Waals surface area contributed by atoms with Gasteiger partial charge in [0, 0.05) is 4.90 Å². The van der Waals surface area contributed by atoms with Crippen LogP contribution >= 0.6 is 23.1 Å². The highest BCUT2D eigenvalue weighted by Crippen LogP contribution is 2.34. The van der Waals surface area contributed by atoms with Crippen LogP contribution in [0.15, 0.2) is 57.8 Å². The number of hydrogen-bond donors (Lipinski definition) is 1. The van der Waals surface area contributed by atoms with Crippen LogP contribution in [0, 0.1) is 0 Å². The summed E-state index contributed by atoms with van der Waals surface area (Å²) in [5.41, 5.74) is 7.92. The number of benzene rings is 2. The Morgan fingerprint density at radius 2 is 1.84 bits per heavy atom. The van der Waals surface area contributed by atoms with Crippen molar-refractivity contribution in [3.8, 4) is 0 Å². The SMILES string of the molecule is NCCc1ccc(Sc2nc3ccccc3s2)cc1. The molecule has 19 heavy (non-hydrogen) atoms.